The highest BCUT2D eigenvalue weighted by atomic mass is 19.4. The number of hydrogen-bond acceptors (Lipinski definition) is 3. The van der Waals surface area contributed by atoms with Crippen molar-refractivity contribution in [2.24, 2.45) is 0 Å². The summed E-state index contributed by atoms with van der Waals surface area (Å²) in [4.78, 5) is 9.65. The van der Waals surface area contributed by atoms with E-state index in [0.717, 1.165) is 12.1 Å². The van der Waals surface area contributed by atoms with Crippen molar-refractivity contribution in [1.29, 1.82) is 0 Å². The van der Waals surface area contributed by atoms with Gasteiger partial charge in [0.15, 0.2) is 0 Å². The van der Waals surface area contributed by atoms with Gasteiger partial charge in [0.1, 0.15) is 17.1 Å². The van der Waals surface area contributed by atoms with Crippen molar-refractivity contribution < 1.29 is 22.8 Å². The lowest BCUT2D eigenvalue weighted by Crippen LogP contribution is -2.08. The van der Waals surface area contributed by atoms with Gasteiger partial charge in [-0.1, -0.05) is 12.1 Å². The van der Waals surface area contributed by atoms with Crippen LogP contribution in [0.3, 0.4) is 0 Å². The maximum atomic E-state index is 12.9. The largest absolute Gasteiger partial charge is 0.457 e. The zero-order chi connectivity index (χ0) is 14.8. The van der Waals surface area contributed by atoms with Crippen LogP contribution in [0.1, 0.15) is 5.56 Å². The molecule has 0 saturated carbocycles. The number of nitrogens with zero attached hydrogens (tertiary/aromatic N) is 1. The molecular weight excluding hydrogens is 275 g/mol. The molecule has 0 heterocycles. The quantitative estimate of drug-likeness (QED) is 0.626. The highest BCUT2D eigenvalue weighted by Crippen LogP contribution is 2.39. The Morgan fingerprint density at radius 2 is 1.80 bits per heavy atom. The lowest BCUT2D eigenvalue weighted by Gasteiger charge is -2.13. The molecule has 0 fully saturated rings. The number of ether oxygens (including phenoxy) is 1. The van der Waals surface area contributed by atoms with Gasteiger partial charge >= 0.3 is 6.18 Å². The van der Waals surface area contributed by atoms with Crippen LogP contribution in [0.15, 0.2) is 42.5 Å². The predicted octanol–water partition coefficient (Wildman–Crippen LogP) is 4.21. The van der Waals surface area contributed by atoms with Gasteiger partial charge in [0.05, 0.1) is 4.92 Å². The lowest BCUT2D eigenvalue weighted by atomic mass is 10.1. The van der Waals surface area contributed by atoms with Crippen molar-refractivity contribution in [3.8, 4) is 11.5 Å². The summed E-state index contributed by atoms with van der Waals surface area (Å²) in [5.74, 6) is -0.308. The van der Waals surface area contributed by atoms with E-state index in [-0.39, 0.29) is 5.75 Å². The Kier molecular flexibility index (Phi) is 3.60. The van der Waals surface area contributed by atoms with Gasteiger partial charge in [-0.05, 0) is 24.3 Å². The fraction of sp³-hybridized carbons (Fsp3) is 0.0769. The number of alkyl halides is 3. The van der Waals surface area contributed by atoms with Gasteiger partial charge < -0.3 is 4.74 Å². The number of halogens is 3. The Balaban J connectivity index is 2.45. The number of nitro benzene ring substituents is 1. The summed E-state index contributed by atoms with van der Waals surface area (Å²) in [6.07, 6.45) is -4.75. The minimum Gasteiger partial charge on any atom is -0.457 e. The van der Waals surface area contributed by atoms with E-state index in [1.165, 1.54) is 24.3 Å². The molecule has 0 aliphatic carbocycles. The molecule has 0 aliphatic rings. The molecule has 0 aromatic heterocycles. The van der Waals surface area contributed by atoms with Crippen molar-refractivity contribution in [1.82, 2.24) is 0 Å². The third-order valence-electron chi connectivity index (χ3n) is 2.39. The molecule has 0 saturated heterocycles. The highest BCUT2D eigenvalue weighted by molar-refractivity contribution is 5.47. The second kappa shape index (κ2) is 5.20. The zero-order valence-electron chi connectivity index (χ0n) is 9.85. The molecule has 0 atom stereocenters. The molecule has 0 unspecified atom stereocenters. The molecule has 2 aromatic rings. The standard InChI is InChI=1S/C13H7F3NO3/c14-13(15,16)11-8-9(17(18)19)6-7-12(11)20-10-4-2-1-3-5-10/h2-8H. The Morgan fingerprint density at radius 1 is 1.15 bits per heavy atom. The highest BCUT2D eigenvalue weighted by Gasteiger charge is 2.36. The van der Waals surface area contributed by atoms with Gasteiger partial charge in [0.2, 0.25) is 0 Å². The first-order valence-corrected chi connectivity index (χ1v) is 5.37. The summed E-state index contributed by atoms with van der Waals surface area (Å²) in [6, 6.07) is 10.9. The fourth-order valence-electron chi connectivity index (χ4n) is 1.51. The van der Waals surface area contributed by atoms with E-state index in [2.05, 4.69) is 6.07 Å². The Bertz CT molecular complexity index is 627. The van der Waals surface area contributed by atoms with Gasteiger partial charge in [0, 0.05) is 12.1 Å². The first-order valence-electron chi connectivity index (χ1n) is 5.37. The van der Waals surface area contributed by atoms with Crippen LogP contribution in [0.2, 0.25) is 0 Å². The van der Waals surface area contributed by atoms with Crippen LogP contribution in [-0.2, 0) is 6.18 Å². The van der Waals surface area contributed by atoms with Crippen molar-refractivity contribution in [2.45, 2.75) is 6.18 Å². The summed E-state index contributed by atoms with van der Waals surface area (Å²) in [6.45, 7) is 0. The van der Waals surface area contributed by atoms with Crippen molar-refractivity contribution >= 4 is 5.69 Å². The second-order valence-electron chi connectivity index (χ2n) is 3.77. The molecule has 103 valence electrons. The number of rotatable bonds is 3. The van der Waals surface area contributed by atoms with Crippen LogP contribution in [-0.4, -0.2) is 4.92 Å². The summed E-state index contributed by atoms with van der Waals surface area (Å²) < 4.78 is 43.8. The lowest BCUT2D eigenvalue weighted by molar-refractivity contribution is -0.385. The summed E-state index contributed by atoms with van der Waals surface area (Å²) in [7, 11) is 0. The van der Waals surface area contributed by atoms with Crippen molar-refractivity contribution in [3.63, 3.8) is 0 Å². The van der Waals surface area contributed by atoms with Crippen LogP contribution >= 0.6 is 0 Å². The molecule has 0 aliphatic heterocycles. The van der Waals surface area contributed by atoms with E-state index in [9.17, 15) is 23.3 Å². The maximum Gasteiger partial charge on any atom is 0.420 e. The van der Waals surface area contributed by atoms with Crippen LogP contribution in [0.25, 0.3) is 0 Å². The molecule has 0 N–H and O–H groups in total. The SMILES string of the molecule is O=[N+]([O-])c1ccc(Oc2cc[c]cc2)c(C(F)(F)F)c1. The molecule has 4 nitrogen and oxygen atoms in total. The number of hydrogen-bond donors (Lipinski definition) is 0. The average molecular weight is 282 g/mol. The topological polar surface area (TPSA) is 52.4 Å². The van der Waals surface area contributed by atoms with Gasteiger partial charge in [-0.3, -0.25) is 10.1 Å². The van der Waals surface area contributed by atoms with E-state index in [4.69, 9.17) is 4.74 Å². The molecule has 2 aromatic carbocycles. The van der Waals surface area contributed by atoms with E-state index >= 15 is 0 Å². The number of nitro groups is 1. The summed E-state index contributed by atoms with van der Waals surface area (Å²) in [5, 5.41) is 10.5. The molecule has 20 heavy (non-hydrogen) atoms. The minimum atomic E-state index is -4.75. The predicted molar refractivity (Wildman–Crippen MR) is 63.5 cm³/mol. The number of benzene rings is 2. The van der Waals surface area contributed by atoms with Gasteiger partial charge in [0.25, 0.3) is 5.69 Å². The van der Waals surface area contributed by atoms with Crippen molar-refractivity contribution in [2.75, 3.05) is 0 Å². The molecule has 2 rings (SSSR count). The normalized spacial score (nSPS) is 11.2. The van der Waals surface area contributed by atoms with E-state index in [0.29, 0.717) is 6.07 Å². The van der Waals surface area contributed by atoms with Crippen molar-refractivity contribution in [3.05, 3.63) is 64.2 Å². The molecular formula is C13H7F3NO3. The summed E-state index contributed by atoms with van der Waals surface area (Å²) in [5.41, 5.74) is -1.84. The van der Waals surface area contributed by atoms with E-state index in [1.807, 2.05) is 0 Å². The van der Waals surface area contributed by atoms with E-state index in [1.54, 1.807) is 0 Å². The molecule has 0 amide bonds. The first kappa shape index (κ1) is 13.9. The van der Waals surface area contributed by atoms with Gasteiger partial charge in [-0.2, -0.15) is 13.2 Å². The van der Waals surface area contributed by atoms with Crippen LogP contribution in [0, 0.1) is 16.2 Å². The van der Waals surface area contributed by atoms with Crippen LogP contribution in [0.5, 0.6) is 11.5 Å². The molecule has 0 bridgehead atoms. The molecule has 7 heteroatoms. The number of non-ortho nitro benzene ring substituents is 1. The van der Waals surface area contributed by atoms with Gasteiger partial charge in [-0.15, -0.1) is 0 Å². The van der Waals surface area contributed by atoms with Crippen LogP contribution < -0.4 is 4.74 Å². The van der Waals surface area contributed by atoms with Crippen LogP contribution in [0.4, 0.5) is 18.9 Å². The second-order valence-corrected chi connectivity index (χ2v) is 3.77. The zero-order valence-corrected chi connectivity index (χ0v) is 9.85. The summed E-state index contributed by atoms with van der Waals surface area (Å²) >= 11 is 0. The monoisotopic (exact) mass is 282 g/mol. The maximum absolute atomic E-state index is 12.9. The Labute approximate surface area is 111 Å². The van der Waals surface area contributed by atoms with E-state index < -0.39 is 28.1 Å². The third-order valence-corrected chi connectivity index (χ3v) is 2.39. The third kappa shape index (κ3) is 3.05. The molecule has 1 radical (unpaired) electrons. The smallest absolute Gasteiger partial charge is 0.420 e. The first-order chi connectivity index (χ1) is 9.38. The Hall–Kier alpha value is -2.57. The molecule has 0 spiro atoms. The fourth-order valence-corrected chi connectivity index (χ4v) is 1.51. The minimum absolute atomic E-state index is 0.183. The average Bonchev–Trinajstić information content (AvgIpc) is 2.39. The Morgan fingerprint density at radius 3 is 2.35 bits per heavy atom. The van der Waals surface area contributed by atoms with Gasteiger partial charge in [-0.25, -0.2) is 0 Å².